The summed E-state index contributed by atoms with van der Waals surface area (Å²) in [5.74, 6) is -2.43. The SMILES string of the molecule is CC/C=C/C/C=C/C/C=C/C/C=C/C/C=C/CCCCCC(=O)O[C@H](COC(=O)CCCCCCCCCCC/C=C/CCCC)COP(=O)(O)OC[C@H](N)C(=O)O. The largest absolute Gasteiger partial charge is 0.480 e. The Labute approximate surface area is 350 Å². The van der Waals surface area contributed by atoms with E-state index in [0.717, 1.165) is 70.6 Å². The van der Waals surface area contributed by atoms with Crippen molar-refractivity contribution in [2.45, 2.75) is 180 Å². The monoisotopic (exact) mass is 836 g/mol. The third kappa shape index (κ3) is 39.7. The number of carbonyl (C=O) groups is 3. The van der Waals surface area contributed by atoms with Gasteiger partial charge in [0, 0.05) is 12.8 Å². The van der Waals surface area contributed by atoms with E-state index in [1.54, 1.807) is 0 Å². The van der Waals surface area contributed by atoms with E-state index in [0.29, 0.717) is 12.8 Å². The highest BCUT2D eigenvalue weighted by Gasteiger charge is 2.28. The zero-order valence-corrected chi connectivity index (χ0v) is 36.8. The molecule has 0 aromatic carbocycles. The van der Waals surface area contributed by atoms with Gasteiger partial charge < -0.3 is 25.2 Å². The number of phosphoric ester groups is 1. The lowest BCUT2D eigenvalue weighted by molar-refractivity contribution is -0.161. The molecule has 3 atom stereocenters. The molecule has 332 valence electrons. The number of phosphoric acid groups is 1. The maximum absolute atomic E-state index is 12.6. The Morgan fingerprint density at radius 3 is 1.48 bits per heavy atom. The first-order chi connectivity index (χ1) is 28.1. The number of carboxylic acid groups (broad SMARTS) is 1. The predicted octanol–water partition coefficient (Wildman–Crippen LogP) is 11.7. The maximum Gasteiger partial charge on any atom is 0.472 e. The molecule has 0 aromatic rings. The normalized spacial score (nSPS) is 14.4. The molecule has 0 rings (SSSR count). The fourth-order valence-electron chi connectivity index (χ4n) is 5.48. The van der Waals surface area contributed by atoms with Gasteiger partial charge in [0.05, 0.1) is 13.2 Å². The van der Waals surface area contributed by atoms with Crippen LogP contribution in [0.2, 0.25) is 0 Å². The summed E-state index contributed by atoms with van der Waals surface area (Å²) in [4.78, 5) is 46.0. The molecule has 11 nitrogen and oxygen atoms in total. The van der Waals surface area contributed by atoms with Crippen molar-refractivity contribution in [3.05, 3.63) is 72.9 Å². The average Bonchev–Trinajstić information content (AvgIpc) is 3.20. The van der Waals surface area contributed by atoms with Crippen LogP contribution in [0.4, 0.5) is 0 Å². The van der Waals surface area contributed by atoms with Crippen LogP contribution in [0.15, 0.2) is 72.9 Å². The Morgan fingerprint density at radius 1 is 0.552 bits per heavy atom. The lowest BCUT2D eigenvalue weighted by Gasteiger charge is -2.20. The fraction of sp³-hybridized carbons (Fsp3) is 0.674. The van der Waals surface area contributed by atoms with Crippen molar-refractivity contribution >= 4 is 25.7 Å². The van der Waals surface area contributed by atoms with Crippen molar-refractivity contribution in [1.82, 2.24) is 0 Å². The maximum atomic E-state index is 12.6. The van der Waals surface area contributed by atoms with Crippen LogP contribution in [0.5, 0.6) is 0 Å². The number of hydrogen-bond donors (Lipinski definition) is 3. The van der Waals surface area contributed by atoms with Crippen LogP contribution in [-0.2, 0) is 37.5 Å². The molecular formula is C46H78NO10P. The van der Waals surface area contributed by atoms with Gasteiger partial charge in [0.1, 0.15) is 12.6 Å². The Morgan fingerprint density at radius 2 is 0.966 bits per heavy atom. The molecule has 4 N–H and O–H groups in total. The van der Waals surface area contributed by atoms with Gasteiger partial charge in [-0.05, 0) is 77.0 Å². The van der Waals surface area contributed by atoms with Crippen LogP contribution in [-0.4, -0.2) is 59.9 Å². The van der Waals surface area contributed by atoms with Gasteiger partial charge >= 0.3 is 25.7 Å². The highest BCUT2D eigenvalue weighted by Crippen LogP contribution is 2.43. The first kappa shape index (κ1) is 54.9. The summed E-state index contributed by atoms with van der Waals surface area (Å²) in [6, 6.07) is -1.53. The van der Waals surface area contributed by atoms with Crippen molar-refractivity contribution in [2.75, 3.05) is 19.8 Å². The van der Waals surface area contributed by atoms with E-state index in [4.69, 9.17) is 24.8 Å². The van der Waals surface area contributed by atoms with Crippen molar-refractivity contribution < 1.29 is 47.5 Å². The number of aliphatic carboxylic acids is 1. The molecule has 0 spiro atoms. The molecule has 0 aliphatic carbocycles. The first-order valence-electron chi connectivity index (χ1n) is 22.0. The number of carbonyl (C=O) groups excluding carboxylic acids is 2. The predicted molar refractivity (Wildman–Crippen MR) is 235 cm³/mol. The number of rotatable bonds is 40. The molecule has 0 aliphatic heterocycles. The minimum absolute atomic E-state index is 0.118. The van der Waals surface area contributed by atoms with Crippen LogP contribution in [0.25, 0.3) is 0 Å². The first-order valence-corrected chi connectivity index (χ1v) is 23.5. The van der Waals surface area contributed by atoms with Crippen LogP contribution >= 0.6 is 7.82 Å². The standard InChI is InChI=1S/C46H78NO10P/c1-3-5-7-9-11-13-15-17-19-20-21-22-24-26-28-30-32-34-36-38-45(49)57-42(40-55-58(52,53)56-41-43(47)46(50)51)39-54-44(48)37-35-33-31-29-27-25-23-18-16-14-12-10-8-6-4-2/h5,7,10-13,17,19,21-22,26,28,42-43H,3-4,6,8-9,14-16,18,20,23-25,27,29-41,47H2,1-2H3,(H,50,51)(H,52,53)/b7-5+,12-10+,13-11+,19-17+,22-21+,28-26+/t42-,43+/m1/s1. The average molecular weight is 836 g/mol. The Bertz CT molecular complexity index is 1260. The van der Waals surface area contributed by atoms with Crippen molar-refractivity contribution in [2.24, 2.45) is 5.73 Å². The van der Waals surface area contributed by atoms with E-state index in [1.165, 1.54) is 57.8 Å². The summed E-state index contributed by atoms with van der Waals surface area (Å²) in [6.45, 7) is 2.61. The number of unbranched alkanes of at least 4 members (excludes halogenated alkanes) is 14. The van der Waals surface area contributed by atoms with Gasteiger partial charge in [-0.3, -0.25) is 23.4 Å². The summed E-state index contributed by atoms with van der Waals surface area (Å²) in [5, 5.41) is 8.89. The molecule has 0 saturated carbocycles. The molecule has 0 saturated heterocycles. The molecule has 0 amide bonds. The second-order valence-electron chi connectivity index (χ2n) is 14.4. The van der Waals surface area contributed by atoms with Gasteiger partial charge in [0.15, 0.2) is 6.10 Å². The molecule has 0 fully saturated rings. The van der Waals surface area contributed by atoms with Gasteiger partial charge in [0.2, 0.25) is 0 Å². The minimum atomic E-state index is -4.73. The number of esters is 2. The van der Waals surface area contributed by atoms with Gasteiger partial charge in [0.25, 0.3) is 0 Å². The van der Waals surface area contributed by atoms with Gasteiger partial charge in [-0.1, -0.05) is 151 Å². The zero-order chi connectivity index (χ0) is 42.8. The van der Waals surface area contributed by atoms with Gasteiger partial charge in [-0.2, -0.15) is 0 Å². The molecular weight excluding hydrogens is 757 g/mol. The molecule has 1 unspecified atom stereocenters. The quantitative estimate of drug-likeness (QED) is 0.0232. The summed E-state index contributed by atoms with van der Waals surface area (Å²) in [5.41, 5.74) is 5.33. The fourth-order valence-corrected chi connectivity index (χ4v) is 6.26. The molecule has 0 bridgehead atoms. The Kier molecular flexibility index (Phi) is 38.5. The van der Waals surface area contributed by atoms with Crippen molar-refractivity contribution in [1.29, 1.82) is 0 Å². The number of hydrogen-bond acceptors (Lipinski definition) is 9. The summed E-state index contributed by atoms with van der Waals surface area (Å²) < 4.78 is 32.7. The molecule has 0 radical (unpaired) electrons. The summed E-state index contributed by atoms with van der Waals surface area (Å²) >= 11 is 0. The van der Waals surface area contributed by atoms with Crippen LogP contribution in [0.3, 0.4) is 0 Å². The highest BCUT2D eigenvalue weighted by molar-refractivity contribution is 7.47. The second-order valence-corrected chi connectivity index (χ2v) is 15.9. The van der Waals surface area contributed by atoms with E-state index in [-0.39, 0.29) is 19.4 Å². The van der Waals surface area contributed by atoms with E-state index in [2.05, 4.69) is 91.3 Å². The van der Waals surface area contributed by atoms with E-state index >= 15 is 0 Å². The number of allylic oxidation sites excluding steroid dienone is 12. The molecule has 58 heavy (non-hydrogen) atoms. The molecule has 0 aliphatic rings. The lowest BCUT2D eigenvalue weighted by atomic mass is 10.1. The van der Waals surface area contributed by atoms with Crippen molar-refractivity contribution in [3.63, 3.8) is 0 Å². The summed E-state index contributed by atoms with van der Waals surface area (Å²) in [6.07, 6.45) is 48.2. The second kappa shape index (κ2) is 40.7. The smallest absolute Gasteiger partial charge is 0.472 e. The summed E-state index contributed by atoms with van der Waals surface area (Å²) in [7, 11) is -4.73. The third-order valence-electron chi connectivity index (χ3n) is 8.94. The molecule has 0 heterocycles. The van der Waals surface area contributed by atoms with Crippen LogP contribution in [0, 0.1) is 0 Å². The van der Waals surface area contributed by atoms with Gasteiger partial charge in [-0.15, -0.1) is 0 Å². The topological polar surface area (TPSA) is 172 Å². The minimum Gasteiger partial charge on any atom is -0.480 e. The highest BCUT2D eigenvalue weighted by atomic mass is 31.2. The molecule has 12 heteroatoms. The number of nitrogens with two attached hydrogens (primary N) is 1. The lowest BCUT2D eigenvalue weighted by Crippen LogP contribution is -2.34. The van der Waals surface area contributed by atoms with Gasteiger partial charge in [-0.25, -0.2) is 4.57 Å². The third-order valence-corrected chi connectivity index (χ3v) is 9.89. The van der Waals surface area contributed by atoms with E-state index in [9.17, 15) is 23.8 Å². The number of carboxylic acids is 1. The Hall–Kier alpha value is -3.08. The Balaban J connectivity index is 4.44. The zero-order valence-electron chi connectivity index (χ0n) is 35.9. The van der Waals surface area contributed by atoms with E-state index in [1.807, 2.05) is 0 Å². The van der Waals surface area contributed by atoms with Crippen molar-refractivity contribution in [3.8, 4) is 0 Å². The molecule has 0 aromatic heterocycles. The van der Waals surface area contributed by atoms with Crippen LogP contribution in [0.1, 0.15) is 168 Å². The van der Waals surface area contributed by atoms with Crippen LogP contribution < -0.4 is 5.73 Å². The van der Waals surface area contributed by atoms with E-state index < -0.39 is 51.1 Å². The number of ether oxygens (including phenoxy) is 2.